The van der Waals surface area contributed by atoms with E-state index >= 15 is 0 Å². The molecule has 31 heavy (non-hydrogen) atoms. The second kappa shape index (κ2) is 8.32. The summed E-state index contributed by atoms with van der Waals surface area (Å²) in [6.07, 6.45) is 5.37. The summed E-state index contributed by atoms with van der Waals surface area (Å²) in [5, 5.41) is 0.531. The lowest BCUT2D eigenvalue weighted by Gasteiger charge is -2.35. The van der Waals surface area contributed by atoms with Crippen LogP contribution in [0.25, 0.3) is 5.65 Å². The van der Waals surface area contributed by atoms with E-state index in [1.54, 1.807) is 23.1 Å². The monoisotopic (exact) mass is 437 g/mol. The van der Waals surface area contributed by atoms with Crippen LogP contribution in [0.3, 0.4) is 0 Å². The molecule has 2 saturated heterocycles. The Kier molecular flexibility index (Phi) is 5.38. The smallest absolute Gasteiger partial charge is 0.256 e. The number of anilines is 1. The Morgan fingerprint density at radius 2 is 1.90 bits per heavy atom. The lowest BCUT2D eigenvalue weighted by atomic mass is 10.1. The summed E-state index contributed by atoms with van der Waals surface area (Å²) in [6.45, 7) is 4.24. The molecule has 160 valence electrons. The maximum atomic E-state index is 13.3. The molecule has 2 aromatic heterocycles. The minimum atomic E-state index is -0.0428. The van der Waals surface area contributed by atoms with Crippen molar-refractivity contribution in [3.8, 4) is 0 Å². The Labute approximate surface area is 185 Å². The highest BCUT2D eigenvalue weighted by Crippen LogP contribution is 2.30. The van der Waals surface area contributed by atoms with Gasteiger partial charge >= 0.3 is 0 Å². The SMILES string of the molecule is O=C(c1ccc(Cl)cc1N1CCCC1=O)N1CCN(Cc2cn3ccccc3n2)CC1. The molecule has 4 heterocycles. The number of pyridine rings is 1. The molecule has 1 aromatic carbocycles. The summed E-state index contributed by atoms with van der Waals surface area (Å²) in [7, 11) is 0. The second-order valence-corrected chi connectivity index (χ2v) is 8.51. The summed E-state index contributed by atoms with van der Waals surface area (Å²) in [4.78, 5) is 36.1. The third-order valence-electron chi connectivity index (χ3n) is 6.01. The van der Waals surface area contributed by atoms with Crippen LogP contribution in [0.2, 0.25) is 5.02 Å². The summed E-state index contributed by atoms with van der Waals surface area (Å²) in [5.74, 6) is 0.00679. The Balaban J connectivity index is 1.26. The first-order valence-corrected chi connectivity index (χ1v) is 11.0. The van der Waals surface area contributed by atoms with Crippen molar-refractivity contribution < 1.29 is 9.59 Å². The number of aromatic nitrogens is 2. The zero-order valence-electron chi connectivity index (χ0n) is 17.2. The first kappa shape index (κ1) is 20.0. The number of carbonyl (C=O) groups excluding carboxylic acids is 2. The zero-order valence-corrected chi connectivity index (χ0v) is 18.0. The van der Waals surface area contributed by atoms with Gasteiger partial charge in [0.2, 0.25) is 5.91 Å². The predicted octanol–water partition coefficient (Wildman–Crippen LogP) is 3.07. The molecule has 0 spiro atoms. The zero-order chi connectivity index (χ0) is 21.4. The van der Waals surface area contributed by atoms with Gasteiger partial charge in [-0.25, -0.2) is 4.98 Å². The molecule has 0 N–H and O–H groups in total. The fraction of sp³-hybridized carbons (Fsp3) is 0.348. The first-order chi connectivity index (χ1) is 15.1. The average molecular weight is 438 g/mol. The third kappa shape index (κ3) is 4.03. The van der Waals surface area contributed by atoms with Gasteiger partial charge in [0.1, 0.15) is 5.65 Å². The minimum absolute atomic E-state index is 0.0428. The predicted molar refractivity (Wildman–Crippen MR) is 119 cm³/mol. The van der Waals surface area contributed by atoms with Gasteiger partial charge in [-0.2, -0.15) is 0 Å². The number of piperazine rings is 1. The lowest BCUT2D eigenvalue weighted by molar-refractivity contribution is -0.117. The lowest BCUT2D eigenvalue weighted by Crippen LogP contribution is -2.48. The van der Waals surface area contributed by atoms with E-state index in [-0.39, 0.29) is 11.8 Å². The number of nitrogens with zero attached hydrogens (tertiary/aromatic N) is 5. The number of amides is 2. The van der Waals surface area contributed by atoms with Crippen molar-refractivity contribution in [2.75, 3.05) is 37.6 Å². The summed E-state index contributed by atoms with van der Waals surface area (Å²) >= 11 is 6.18. The van der Waals surface area contributed by atoms with E-state index in [0.29, 0.717) is 42.3 Å². The Hall–Kier alpha value is -2.90. The minimum Gasteiger partial charge on any atom is -0.336 e. The highest BCUT2D eigenvalue weighted by atomic mass is 35.5. The van der Waals surface area contributed by atoms with E-state index < -0.39 is 0 Å². The van der Waals surface area contributed by atoms with Gasteiger partial charge in [-0.1, -0.05) is 17.7 Å². The van der Waals surface area contributed by atoms with Crippen LogP contribution in [0.4, 0.5) is 5.69 Å². The quantitative estimate of drug-likeness (QED) is 0.629. The van der Waals surface area contributed by atoms with E-state index in [2.05, 4.69) is 16.1 Å². The maximum absolute atomic E-state index is 13.3. The van der Waals surface area contributed by atoms with Crippen molar-refractivity contribution in [1.29, 1.82) is 0 Å². The molecule has 0 aliphatic carbocycles. The van der Waals surface area contributed by atoms with E-state index in [1.165, 1.54) is 0 Å². The number of hydrogen-bond donors (Lipinski definition) is 0. The van der Waals surface area contributed by atoms with Crippen LogP contribution in [0.15, 0.2) is 48.8 Å². The summed E-state index contributed by atoms with van der Waals surface area (Å²) in [6, 6.07) is 11.2. The number of halogens is 1. The number of carbonyl (C=O) groups is 2. The number of hydrogen-bond acceptors (Lipinski definition) is 4. The van der Waals surface area contributed by atoms with Gasteiger partial charge in [0.05, 0.1) is 16.9 Å². The Morgan fingerprint density at radius 1 is 1.06 bits per heavy atom. The topological polar surface area (TPSA) is 61.2 Å². The molecule has 5 rings (SSSR count). The largest absolute Gasteiger partial charge is 0.336 e. The maximum Gasteiger partial charge on any atom is 0.256 e. The van der Waals surface area contributed by atoms with Crippen molar-refractivity contribution in [1.82, 2.24) is 19.2 Å². The Morgan fingerprint density at radius 3 is 2.65 bits per heavy atom. The molecule has 7 nitrogen and oxygen atoms in total. The van der Waals surface area contributed by atoms with E-state index in [4.69, 9.17) is 11.6 Å². The van der Waals surface area contributed by atoms with Crippen molar-refractivity contribution in [2.45, 2.75) is 19.4 Å². The van der Waals surface area contributed by atoms with Gasteiger partial charge in [-0.15, -0.1) is 0 Å². The van der Waals surface area contributed by atoms with Gasteiger partial charge in [-0.05, 0) is 36.8 Å². The normalized spacial score (nSPS) is 17.6. The highest BCUT2D eigenvalue weighted by Gasteiger charge is 2.29. The molecular formula is C23H24ClN5O2. The number of benzene rings is 1. The number of rotatable bonds is 4. The molecule has 0 saturated carbocycles. The van der Waals surface area contributed by atoms with Crippen molar-refractivity contribution in [3.05, 3.63) is 65.1 Å². The van der Waals surface area contributed by atoms with Crippen LogP contribution >= 0.6 is 11.6 Å². The van der Waals surface area contributed by atoms with Crippen molar-refractivity contribution >= 4 is 34.7 Å². The van der Waals surface area contributed by atoms with E-state index in [0.717, 1.165) is 37.4 Å². The molecule has 2 fully saturated rings. The van der Waals surface area contributed by atoms with Crippen LogP contribution < -0.4 is 4.90 Å². The number of imidazole rings is 1. The molecular weight excluding hydrogens is 414 g/mol. The van der Waals surface area contributed by atoms with Crippen LogP contribution in [0.5, 0.6) is 0 Å². The molecule has 0 atom stereocenters. The standard InChI is InChI=1S/C23H24ClN5O2/c24-17-6-7-19(20(14-17)29-9-3-5-22(29)30)23(31)27-12-10-26(11-13-27)15-18-16-28-8-2-1-4-21(28)25-18/h1-2,4,6-8,14,16H,3,5,9-13,15H2. The molecule has 0 radical (unpaired) electrons. The third-order valence-corrected chi connectivity index (χ3v) is 6.25. The van der Waals surface area contributed by atoms with E-state index in [1.807, 2.05) is 33.7 Å². The van der Waals surface area contributed by atoms with Gasteiger partial charge in [0.15, 0.2) is 0 Å². The van der Waals surface area contributed by atoms with E-state index in [9.17, 15) is 9.59 Å². The van der Waals surface area contributed by atoms with Crippen LogP contribution in [-0.4, -0.2) is 63.7 Å². The van der Waals surface area contributed by atoms with Crippen LogP contribution in [0.1, 0.15) is 28.9 Å². The van der Waals surface area contributed by atoms with Gasteiger partial charge in [0.25, 0.3) is 5.91 Å². The fourth-order valence-electron chi connectivity index (χ4n) is 4.38. The summed E-state index contributed by atoms with van der Waals surface area (Å²) in [5.41, 5.74) is 3.15. The summed E-state index contributed by atoms with van der Waals surface area (Å²) < 4.78 is 2.02. The van der Waals surface area contributed by atoms with Crippen LogP contribution in [0, 0.1) is 0 Å². The molecule has 3 aromatic rings. The molecule has 8 heteroatoms. The van der Waals surface area contributed by atoms with Crippen molar-refractivity contribution in [2.24, 2.45) is 0 Å². The number of fused-ring (bicyclic) bond motifs is 1. The molecule has 2 amide bonds. The average Bonchev–Trinajstić information content (AvgIpc) is 3.39. The second-order valence-electron chi connectivity index (χ2n) is 8.08. The van der Waals surface area contributed by atoms with Gasteiger partial charge < -0.3 is 14.2 Å². The van der Waals surface area contributed by atoms with Gasteiger partial charge in [0, 0.05) is 63.1 Å². The first-order valence-electron chi connectivity index (χ1n) is 10.6. The van der Waals surface area contributed by atoms with Gasteiger partial charge in [-0.3, -0.25) is 14.5 Å². The Bertz CT molecular complexity index is 1100. The fourth-order valence-corrected chi connectivity index (χ4v) is 4.55. The van der Waals surface area contributed by atoms with Crippen molar-refractivity contribution in [3.63, 3.8) is 0 Å². The molecule has 0 bridgehead atoms. The van der Waals surface area contributed by atoms with Crippen LogP contribution in [-0.2, 0) is 11.3 Å². The molecule has 0 unspecified atom stereocenters. The highest BCUT2D eigenvalue weighted by molar-refractivity contribution is 6.31. The molecule has 2 aliphatic heterocycles. The molecule has 2 aliphatic rings.